The fourth-order valence-corrected chi connectivity index (χ4v) is 3.01. The Bertz CT molecular complexity index is 802. The zero-order valence-electron chi connectivity index (χ0n) is 12.2. The van der Waals surface area contributed by atoms with Gasteiger partial charge >= 0.3 is 0 Å². The highest BCUT2D eigenvalue weighted by Gasteiger charge is 2.36. The lowest BCUT2D eigenvalue weighted by molar-refractivity contribution is -0.113. The minimum Gasteiger partial charge on any atom is -0.497 e. The average molecular weight is 329 g/mol. The number of halogens is 1. The number of hydrogen-bond donors (Lipinski definition) is 0. The molecule has 23 heavy (non-hydrogen) atoms. The van der Waals surface area contributed by atoms with Crippen molar-refractivity contribution < 1.29 is 18.7 Å². The largest absolute Gasteiger partial charge is 0.497 e. The van der Waals surface area contributed by atoms with Gasteiger partial charge in [-0.3, -0.25) is 9.59 Å². The van der Waals surface area contributed by atoms with Crippen LogP contribution in [0, 0.1) is 5.82 Å². The maximum atomic E-state index is 13.2. The molecule has 2 amide bonds. The van der Waals surface area contributed by atoms with Crippen LogP contribution in [0.1, 0.15) is 5.56 Å². The van der Waals surface area contributed by atoms with Crippen LogP contribution in [0.25, 0.3) is 6.08 Å². The van der Waals surface area contributed by atoms with E-state index in [1.54, 1.807) is 36.4 Å². The third kappa shape index (κ3) is 3.12. The number of anilines is 1. The van der Waals surface area contributed by atoms with Crippen LogP contribution in [-0.4, -0.2) is 18.3 Å². The number of thioether (sulfide) groups is 1. The summed E-state index contributed by atoms with van der Waals surface area (Å²) in [6.07, 6.45) is 1.51. The van der Waals surface area contributed by atoms with Crippen LogP contribution in [0.2, 0.25) is 0 Å². The molecular weight excluding hydrogens is 317 g/mol. The molecule has 0 radical (unpaired) electrons. The number of benzene rings is 2. The van der Waals surface area contributed by atoms with Crippen LogP contribution in [0.5, 0.6) is 5.75 Å². The van der Waals surface area contributed by atoms with Gasteiger partial charge in [-0.15, -0.1) is 0 Å². The van der Waals surface area contributed by atoms with E-state index in [4.69, 9.17) is 4.74 Å². The fraction of sp³-hybridized carbons (Fsp3) is 0.0588. The van der Waals surface area contributed by atoms with Gasteiger partial charge in [-0.2, -0.15) is 0 Å². The molecule has 1 saturated heterocycles. The zero-order valence-corrected chi connectivity index (χ0v) is 13.0. The van der Waals surface area contributed by atoms with Gasteiger partial charge in [0, 0.05) is 0 Å². The minimum absolute atomic E-state index is 0.261. The molecule has 2 aromatic rings. The van der Waals surface area contributed by atoms with Gasteiger partial charge in [0.1, 0.15) is 11.6 Å². The van der Waals surface area contributed by atoms with Crippen molar-refractivity contribution in [3.63, 3.8) is 0 Å². The van der Waals surface area contributed by atoms with Crippen LogP contribution >= 0.6 is 11.8 Å². The number of imide groups is 1. The highest BCUT2D eigenvalue weighted by molar-refractivity contribution is 8.19. The van der Waals surface area contributed by atoms with Crippen molar-refractivity contribution in [2.24, 2.45) is 0 Å². The van der Waals surface area contributed by atoms with Gasteiger partial charge < -0.3 is 4.74 Å². The number of rotatable bonds is 3. The summed E-state index contributed by atoms with van der Waals surface area (Å²) in [5.74, 6) is -0.182. The van der Waals surface area contributed by atoms with E-state index in [0.29, 0.717) is 17.0 Å². The van der Waals surface area contributed by atoms with Gasteiger partial charge in [-0.05, 0) is 59.8 Å². The lowest BCUT2D eigenvalue weighted by Crippen LogP contribution is -2.27. The highest BCUT2D eigenvalue weighted by atomic mass is 32.2. The van der Waals surface area contributed by atoms with Gasteiger partial charge in [0.05, 0.1) is 17.7 Å². The van der Waals surface area contributed by atoms with Gasteiger partial charge in [-0.1, -0.05) is 12.1 Å². The van der Waals surface area contributed by atoms with Crippen molar-refractivity contribution in [3.8, 4) is 5.75 Å². The first-order chi connectivity index (χ1) is 11.1. The zero-order chi connectivity index (χ0) is 16.4. The first-order valence-corrected chi connectivity index (χ1v) is 7.58. The summed E-state index contributed by atoms with van der Waals surface area (Å²) in [4.78, 5) is 25.9. The summed E-state index contributed by atoms with van der Waals surface area (Å²) >= 11 is 0.832. The Morgan fingerprint density at radius 2 is 1.87 bits per heavy atom. The third-order valence-corrected chi connectivity index (χ3v) is 4.14. The van der Waals surface area contributed by atoms with Crippen LogP contribution in [0.15, 0.2) is 53.4 Å². The average Bonchev–Trinajstić information content (AvgIpc) is 2.81. The molecule has 0 aliphatic carbocycles. The third-order valence-electron chi connectivity index (χ3n) is 3.27. The quantitative estimate of drug-likeness (QED) is 0.796. The molecular formula is C17H12FNO3S. The first kappa shape index (κ1) is 15.3. The molecule has 0 atom stereocenters. The Morgan fingerprint density at radius 1 is 1.13 bits per heavy atom. The van der Waals surface area contributed by atoms with Gasteiger partial charge in [0.15, 0.2) is 0 Å². The molecule has 1 aliphatic heterocycles. The molecule has 4 nitrogen and oxygen atoms in total. The monoisotopic (exact) mass is 329 g/mol. The Kier molecular flexibility index (Phi) is 4.16. The Morgan fingerprint density at radius 3 is 2.52 bits per heavy atom. The molecule has 0 saturated carbocycles. The molecule has 6 heteroatoms. The number of carbonyl (C=O) groups excluding carboxylic acids is 2. The van der Waals surface area contributed by atoms with Crippen molar-refractivity contribution >= 4 is 34.7 Å². The molecule has 1 fully saturated rings. The van der Waals surface area contributed by atoms with Gasteiger partial charge in [-0.25, -0.2) is 9.29 Å². The van der Waals surface area contributed by atoms with Crippen molar-refractivity contribution in [2.45, 2.75) is 0 Å². The summed E-state index contributed by atoms with van der Waals surface area (Å²) in [7, 11) is 1.54. The lowest BCUT2D eigenvalue weighted by atomic mass is 10.2. The molecule has 3 rings (SSSR count). The summed E-state index contributed by atoms with van der Waals surface area (Å²) < 4.78 is 18.3. The summed E-state index contributed by atoms with van der Waals surface area (Å²) in [6, 6.07) is 12.5. The van der Waals surface area contributed by atoms with E-state index in [0.717, 1.165) is 16.7 Å². The fourth-order valence-electron chi connectivity index (χ4n) is 2.17. The van der Waals surface area contributed by atoms with Crippen molar-refractivity contribution in [3.05, 3.63) is 64.8 Å². The van der Waals surface area contributed by atoms with Gasteiger partial charge in [0.25, 0.3) is 11.1 Å². The summed E-state index contributed by atoms with van der Waals surface area (Å²) in [5, 5.41) is -0.386. The van der Waals surface area contributed by atoms with E-state index in [1.807, 2.05) is 0 Å². The molecule has 0 bridgehead atoms. The predicted octanol–water partition coefficient (Wildman–Crippen LogP) is 4.08. The molecule has 1 aliphatic rings. The molecule has 0 N–H and O–H groups in total. The standard InChI is InChI=1S/C17H12FNO3S/c1-22-14-7-5-13(6-8-14)19-16(20)15(23-17(19)21)10-11-3-2-4-12(18)9-11/h2-10H,1H3/b15-10-. The number of methoxy groups -OCH3 is 1. The second-order valence-electron chi connectivity index (χ2n) is 4.77. The molecule has 0 unspecified atom stereocenters. The maximum absolute atomic E-state index is 13.2. The number of nitrogens with zero attached hydrogens (tertiary/aromatic N) is 1. The smallest absolute Gasteiger partial charge is 0.298 e. The molecule has 0 spiro atoms. The molecule has 116 valence electrons. The Hall–Kier alpha value is -2.60. The van der Waals surface area contributed by atoms with E-state index < -0.39 is 11.7 Å². The van der Waals surface area contributed by atoms with Crippen LogP contribution in [-0.2, 0) is 4.79 Å². The van der Waals surface area contributed by atoms with E-state index >= 15 is 0 Å². The minimum atomic E-state index is -0.422. The predicted molar refractivity (Wildman–Crippen MR) is 87.8 cm³/mol. The second-order valence-corrected chi connectivity index (χ2v) is 5.76. The second kappa shape index (κ2) is 6.26. The van der Waals surface area contributed by atoms with Crippen molar-refractivity contribution in [2.75, 3.05) is 12.0 Å². The summed E-state index contributed by atoms with van der Waals surface area (Å²) in [5.41, 5.74) is 1.00. The highest BCUT2D eigenvalue weighted by Crippen LogP contribution is 2.36. The maximum Gasteiger partial charge on any atom is 0.298 e. The van der Waals surface area contributed by atoms with Crippen LogP contribution < -0.4 is 9.64 Å². The van der Waals surface area contributed by atoms with Crippen molar-refractivity contribution in [1.82, 2.24) is 0 Å². The van der Waals surface area contributed by atoms with Crippen LogP contribution in [0.3, 0.4) is 0 Å². The number of ether oxygens (including phenoxy) is 1. The lowest BCUT2D eigenvalue weighted by Gasteiger charge is -2.12. The Labute approximate surface area is 136 Å². The first-order valence-electron chi connectivity index (χ1n) is 6.76. The van der Waals surface area contributed by atoms with E-state index in [-0.39, 0.29) is 10.1 Å². The van der Waals surface area contributed by atoms with Crippen molar-refractivity contribution in [1.29, 1.82) is 0 Å². The summed E-state index contributed by atoms with van der Waals surface area (Å²) in [6.45, 7) is 0. The van der Waals surface area contributed by atoms with Gasteiger partial charge in [0.2, 0.25) is 0 Å². The number of amides is 2. The topological polar surface area (TPSA) is 46.6 Å². The Balaban J connectivity index is 1.90. The van der Waals surface area contributed by atoms with E-state index in [9.17, 15) is 14.0 Å². The number of hydrogen-bond acceptors (Lipinski definition) is 4. The normalized spacial score (nSPS) is 16.3. The number of carbonyl (C=O) groups is 2. The SMILES string of the molecule is COc1ccc(N2C(=O)S/C(=C\c3cccc(F)c3)C2=O)cc1. The van der Waals surface area contributed by atoms with E-state index in [1.165, 1.54) is 25.3 Å². The molecule has 1 heterocycles. The van der Waals surface area contributed by atoms with E-state index in [2.05, 4.69) is 0 Å². The molecule has 2 aromatic carbocycles. The van der Waals surface area contributed by atoms with Crippen LogP contribution in [0.4, 0.5) is 14.9 Å². The molecule has 0 aromatic heterocycles.